The first-order valence-electron chi connectivity index (χ1n) is 8.13. The van der Waals surface area contributed by atoms with E-state index < -0.39 is 0 Å². The molecule has 2 heteroatoms. The van der Waals surface area contributed by atoms with Crippen LogP contribution in [0.25, 0.3) is 0 Å². The molecule has 2 aliphatic rings. The maximum absolute atomic E-state index is 6.63. The number of rotatable bonds is 5. The SMILES string of the molecule is CCNCC1(OC2CCCC(C)C2)CCCCC1. The van der Waals surface area contributed by atoms with Gasteiger partial charge >= 0.3 is 0 Å². The highest BCUT2D eigenvalue weighted by atomic mass is 16.5. The maximum Gasteiger partial charge on any atom is 0.0810 e. The molecule has 0 aromatic carbocycles. The summed E-state index contributed by atoms with van der Waals surface area (Å²) in [5, 5.41) is 3.53. The lowest BCUT2D eigenvalue weighted by molar-refractivity contribution is -0.126. The first kappa shape index (κ1) is 14.3. The Labute approximate surface area is 113 Å². The van der Waals surface area contributed by atoms with Crippen LogP contribution in [0.5, 0.6) is 0 Å². The van der Waals surface area contributed by atoms with E-state index in [2.05, 4.69) is 19.2 Å². The highest BCUT2D eigenvalue weighted by Crippen LogP contribution is 2.36. The van der Waals surface area contributed by atoms with Gasteiger partial charge in [-0.05, 0) is 38.1 Å². The molecule has 0 bridgehead atoms. The minimum Gasteiger partial charge on any atom is -0.370 e. The summed E-state index contributed by atoms with van der Waals surface area (Å²) in [6.45, 7) is 6.70. The lowest BCUT2D eigenvalue weighted by Gasteiger charge is -2.42. The topological polar surface area (TPSA) is 21.3 Å². The number of hydrogen-bond donors (Lipinski definition) is 1. The monoisotopic (exact) mass is 253 g/mol. The molecule has 2 aliphatic carbocycles. The van der Waals surface area contributed by atoms with Crippen molar-refractivity contribution in [3.8, 4) is 0 Å². The second-order valence-electron chi connectivity index (χ2n) is 6.54. The van der Waals surface area contributed by atoms with Crippen molar-refractivity contribution in [3.63, 3.8) is 0 Å². The standard InChI is InChI=1S/C16H31NO/c1-3-17-13-16(10-5-4-6-11-16)18-15-9-7-8-14(2)12-15/h14-15,17H,3-13H2,1-2H3. The highest BCUT2D eigenvalue weighted by molar-refractivity contribution is 4.88. The largest absolute Gasteiger partial charge is 0.370 e. The van der Waals surface area contributed by atoms with Gasteiger partial charge in [0.15, 0.2) is 0 Å². The summed E-state index contributed by atoms with van der Waals surface area (Å²) in [5.74, 6) is 0.864. The molecule has 0 heterocycles. The second kappa shape index (κ2) is 6.91. The third kappa shape index (κ3) is 3.96. The molecule has 2 saturated carbocycles. The molecular weight excluding hydrogens is 222 g/mol. The Balaban J connectivity index is 1.91. The van der Waals surface area contributed by atoms with Gasteiger partial charge in [-0.1, -0.05) is 46.0 Å². The Morgan fingerprint density at radius 2 is 1.89 bits per heavy atom. The van der Waals surface area contributed by atoms with Crippen molar-refractivity contribution in [3.05, 3.63) is 0 Å². The molecule has 0 saturated heterocycles. The van der Waals surface area contributed by atoms with Crippen molar-refractivity contribution < 1.29 is 4.74 Å². The van der Waals surface area contributed by atoms with E-state index in [9.17, 15) is 0 Å². The van der Waals surface area contributed by atoms with Gasteiger partial charge in [-0.25, -0.2) is 0 Å². The third-order valence-electron chi connectivity index (χ3n) is 4.77. The molecule has 2 unspecified atom stereocenters. The summed E-state index contributed by atoms with van der Waals surface area (Å²) in [7, 11) is 0. The van der Waals surface area contributed by atoms with Crippen LogP contribution in [-0.4, -0.2) is 24.8 Å². The zero-order valence-corrected chi connectivity index (χ0v) is 12.3. The molecular formula is C16H31NO. The van der Waals surface area contributed by atoms with Gasteiger partial charge in [0.05, 0.1) is 11.7 Å². The Bertz CT molecular complexity index is 235. The molecule has 2 fully saturated rings. The van der Waals surface area contributed by atoms with Gasteiger partial charge in [-0.2, -0.15) is 0 Å². The molecule has 106 valence electrons. The summed E-state index contributed by atoms with van der Waals surface area (Å²) in [5.41, 5.74) is 0.163. The Morgan fingerprint density at radius 1 is 1.11 bits per heavy atom. The number of likely N-dealkylation sites (N-methyl/N-ethyl adjacent to an activating group) is 1. The number of nitrogens with one attached hydrogen (secondary N) is 1. The fourth-order valence-electron chi connectivity index (χ4n) is 3.72. The Kier molecular flexibility index (Phi) is 5.50. The fourth-order valence-corrected chi connectivity index (χ4v) is 3.72. The van der Waals surface area contributed by atoms with Crippen LogP contribution in [-0.2, 0) is 4.74 Å². The van der Waals surface area contributed by atoms with Crippen LogP contribution in [0.1, 0.15) is 71.6 Å². The van der Waals surface area contributed by atoms with E-state index in [0.717, 1.165) is 19.0 Å². The third-order valence-corrected chi connectivity index (χ3v) is 4.77. The molecule has 0 radical (unpaired) electrons. The predicted molar refractivity (Wildman–Crippen MR) is 76.9 cm³/mol. The number of hydrogen-bond acceptors (Lipinski definition) is 2. The average Bonchev–Trinajstić information content (AvgIpc) is 2.38. The molecule has 0 spiro atoms. The van der Waals surface area contributed by atoms with Gasteiger partial charge in [0.2, 0.25) is 0 Å². The quantitative estimate of drug-likeness (QED) is 0.802. The summed E-state index contributed by atoms with van der Waals surface area (Å²) < 4.78 is 6.63. The molecule has 1 N–H and O–H groups in total. The maximum atomic E-state index is 6.63. The summed E-state index contributed by atoms with van der Waals surface area (Å²) in [6.07, 6.45) is 12.5. The van der Waals surface area contributed by atoms with Crippen LogP contribution < -0.4 is 5.32 Å². The number of ether oxygens (including phenoxy) is 1. The molecule has 2 rings (SSSR count). The van der Waals surface area contributed by atoms with Crippen molar-refractivity contribution in [2.24, 2.45) is 5.92 Å². The van der Waals surface area contributed by atoms with Gasteiger partial charge in [-0.3, -0.25) is 0 Å². The lowest BCUT2D eigenvalue weighted by atomic mass is 9.83. The minimum absolute atomic E-state index is 0.163. The van der Waals surface area contributed by atoms with Crippen molar-refractivity contribution >= 4 is 0 Å². The zero-order valence-electron chi connectivity index (χ0n) is 12.3. The van der Waals surface area contributed by atoms with Gasteiger partial charge in [0, 0.05) is 6.54 Å². The van der Waals surface area contributed by atoms with E-state index in [4.69, 9.17) is 4.74 Å². The van der Waals surface area contributed by atoms with Crippen LogP contribution in [0.4, 0.5) is 0 Å². The van der Waals surface area contributed by atoms with Gasteiger partial charge < -0.3 is 10.1 Å². The van der Waals surface area contributed by atoms with Crippen molar-refractivity contribution in [1.29, 1.82) is 0 Å². The van der Waals surface area contributed by atoms with Crippen LogP contribution in [0, 0.1) is 5.92 Å². The first-order valence-corrected chi connectivity index (χ1v) is 8.13. The van der Waals surface area contributed by atoms with Crippen molar-refractivity contribution in [2.75, 3.05) is 13.1 Å². The molecule has 0 aromatic heterocycles. The van der Waals surface area contributed by atoms with E-state index in [0.29, 0.717) is 6.10 Å². The predicted octanol–water partition coefficient (Wildman–Crippen LogP) is 3.89. The van der Waals surface area contributed by atoms with Gasteiger partial charge in [0.1, 0.15) is 0 Å². The van der Waals surface area contributed by atoms with E-state index in [-0.39, 0.29) is 5.60 Å². The first-order chi connectivity index (χ1) is 8.74. The van der Waals surface area contributed by atoms with Crippen LogP contribution in [0.15, 0.2) is 0 Å². The van der Waals surface area contributed by atoms with Crippen LogP contribution in [0.2, 0.25) is 0 Å². The van der Waals surface area contributed by atoms with E-state index >= 15 is 0 Å². The molecule has 18 heavy (non-hydrogen) atoms. The normalized spacial score (nSPS) is 32.3. The molecule has 0 aliphatic heterocycles. The second-order valence-corrected chi connectivity index (χ2v) is 6.54. The van der Waals surface area contributed by atoms with E-state index in [1.54, 1.807) is 0 Å². The van der Waals surface area contributed by atoms with Crippen molar-refractivity contribution in [1.82, 2.24) is 5.32 Å². The van der Waals surface area contributed by atoms with Crippen LogP contribution >= 0.6 is 0 Å². The van der Waals surface area contributed by atoms with E-state index in [1.807, 2.05) is 0 Å². The van der Waals surface area contributed by atoms with E-state index in [1.165, 1.54) is 57.8 Å². The van der Waals surface area contributed by atoms with Crippen LogP contribution in [0.3, 0.4) is 0 Å². The average molecular weight is 253 g/mol. The highest BCUT2D eigenvalue weighted by Gasteiger charge is 2.36. The smallest absolute Gasteiger partial charge is 0.0810 e. The van der Waals surface area contributed by atoms with Crippen molar-refractivity contribution in [2.45, 2.75) is 83.3 Å². The molecule has 0 amide bonds. The fraction of sp³-hybridized carbons (Fsp3) is 1.00. The summed E-state index contributed by atoms with van der Waals surface area (Å²) >= 11 is 0. The van der Waals surface area contributed by atoms with Gasteiger partial charge in [0.25, 0.3) is 0 Å². The molecule has 2 atom stereocenters. The molecule has 2 nitrogen and oxygen atoms in total. The zero-order chi connectivity index (χ0) is 12.8. The summed E-state index contributed by atoms with van der Waals surface area (Å²) in [4.78, 5) is 0. The summed E-state index contributed by atoms with van der Waals surface area (Å²) in [6, 6.07) is 0. The Morgan fingerprint density at radius 3 is 2.56 bits per heavy atom. The minimum atomic E-state index is 0.163. The molecule has 0 aromatic rings. The van der Waals surface area contributed by atoms with Gasteiger partial charge in [-0.15, -0.1) is 0 Å². The lowest BCUT2D eigenvalue weighted by Crippen LogP contribution is -2.47. The Hall–Kier alpha value is -0.0800.